The summed E-state index contributed by atoms with van der Waals surface area (Å²) in [5.41, 5.74) is 6.11. The third-order valence-corrected chi connectivity index (χ3v) is 4.40. The van der Waals surface area contributed by atoms with Crippen molar-refractivity contribution in [2.75, 3.05) is 17.2 Å². The normalized spacial score (nSPS) is 23.6. The molecule has 98 valence electrons. The molecule has 0 bridgehead atoms. The Morgan fingerprint density at radius 2 is 2.06 bits per heavy atom. The van der Waals surface area contributed by atoms with Crippen molar-refractivity contribution in [1.82, 2.24) is 5.32 Å². The number of amides is 1. The lowest BCUT2D eigenvalue weighted by molar-refractivity contribution is 0.0934. The number of phenolic OH excluding ortho intramolecular Hbond substituents is 1. The Balaban J connectivity index is 1.99. The van der Waals surface area contributed by atoms with Crippen LogP contribution in [-0.4, -0.2) is 32.8 Å². The molecule has 1 aliphatic heterocycles. The fourth-order valence-corrected chi connectivity index (χ4v) is 3.19. The van der Waals surface area contributed by atoms with Gasteiger partial charge in [-0.2, -0.15) is 0 Å². The summed E-state index contributed by atoms with van der Waals surface area (Å²) in [6, 6.07) is 4.49. The lowest BCUT2D eigenvalue weighted by Crippen LogP contribution is -2.39. The number of carbonyl (C=O) groups excluding carboxylic acids is 1. The van der Waals surface area contributed by atoms with Crippen LogP contribution in [0.4, 0.5) is 5.69 Å². The van der Waals surface area contributed by atoms with E-state index in [-0.39, 0.29) is 23.4 Å². The van der Waals surface area contributed by atoms with E-state index in [4.69, 9.17) is 5.73 Å². The molecule has 1 aromatic carbocycles. The number of aromatic hydroxyl groups is 1. The molecule has 0 atom stereocenters. The third-order valence-electron chi connectivity index (χ3n) is 3.02. The van der Waals surface area contributed by atoms with Crippen molar-refractivity contribution in [2.45, 2.75) is 18.9 Å². The number of nitrogen functional groups attached to an aromatic ring is 1. The van der Waals surface area contributed by atoms with E-state index in [0.29, 0.717) is 17.1 Å². The molecule has 2 rings (SSSR count). The molecular weight excluding hydrogens is 252 g/mol. The highest BCUT2D eigenvalue weighted by Gasteiger charge is 2.20. The lowest BCUT2D eigenvalue weighted by Gasteiger charge is -2.22. The Kier molecular flexibility index (Phi) is 3.86. The second kappa shape index (κ2) is 5.39. The Hall–Kier alpha value is -1.56. The van der Waals surface area contributed by atoms with Crippen molar-refractivity contribution < 1.29 is 14.1 Å². The lowest BCUT2D eigenvalue weighted by atomic mass is 10.1. The van der Waals surface area contributed by atoms with Crippen molar-refractivity contribution >= 4 is 22.4 Å². The highest BCUT2D eigenvalue weighted by molar-refractivity contribution is 7.85. The molecule has 0 unspecified atom stereocenters. The summed E-state index contributed by atoms with van der Waals surface area (Å²) in [7, 11) is -0.735. The number of anilines is 1. The fraction of sp³-hybridized carbons (Fsp3) is 0.417. The van der Waals surface area contributed by atoms with Crippen molar-refractivity contribution in [2.24, 2.45) is 0 Å². The molecule has 0 saturated carbocycles. The maximum atomic E-state index is 11.9. The molecule has 4 N–H and O–H groups in total. The van der Waals surface area contributed by atoms with Crippen LogP contribution in [0.5, 0.6) is 5.75 Å². The van der Waals surface area contributed by atoms with Crippen LogP contribution in [0.25, 0.3) is 0 Å². The molecular formula is C12H16N2O3S. The van der Waals surface area contributed by atoms with Gasteiger partial charge in [0.15, 0.2) is 0 Å². The Labute approximate surface area is 108 Å². The van der Waals surface area contributed by atoms with E-state index in [1.165, 1.54) is 12.1 Å². The van der Waals surface area contributed by atoms with E-state index in [9.17, 15) is 14.1 Å². The molecule has 5 nitrogen and oxygen atoms in total. The number of hydrogen-bond acceptors (Lipinski definition) is 4. The van der Waals surface area contributed by atoms with Crippen LogP contribution < -0.4 is 11.1 Å². The van der Waals surface area contributed by atoms with Gasteiger partial charge in [-0.1, -0.05) is 0 Å². The summed E-state index contributed by atoms with van der Waals surface area (Å²) in [5, 5.41) is 12.3. The highest BCUT2D eigenvalue weighted by Crippen LogP contribution is 2.21. The minimum atomic E-state index is -0.735. The van der Waals surface area contributed by atoms with E-state index >= 15 is 0 Å². The summed E-state index contributed by atoms with van der Waals surface area (Å²) in [6.45, 7) is 0. The minimum absolute atomic E-state index is 0.0647. The van der Waals surface area contributed by atoms with E-state index < -0.39 is 10.8 Å². The number of rotatable bonds is 2. The molecule has 6 heteroatoms. The number of nitrogens with one attached hydrogen (secondary N) is 1. The standard InChI is InChI=1S/C12H16N2O3S/c13-10-2-1-8(7-11(10)15)12(16)14-9-3-5-18(17)6-4-9/h1-2,7,9,15H,3-6,13H2,(H,14,16). The van der Waals surface area contributed by atoms with Crippen LogP contribution in [0.2, 0.25) is 0 Å². The van der Waals surface area contributed by atoms with Crippen LogP contribution in [0.3, 0.4) is 0 Å². The first-order chi connectivity index (χ1) is 8.56. The van der Waals surface area contributed by atoms with E-state index in [1.54, 1.807) is 6.07 Å². The summed E-state index contributed by atoms with van der Waals surface area (Å²) < 4.78 is 11.2. The minimum Gasteiger partial charge on any atom is -0.506 e. The maximum absolute atomic E-state index is 11.9. The first kappa shape index (κ1) is 12.9. The molecule has 0 radical (unpaired) electrons. The summed E-state index contributed by atoms with van der Waals surface area (Å²) in [4.78, 5) is 11.9. The first-order valence-corrected chi connectivity index (χ1v) is 7.29. The zero-order valence-electron chi connectivity index (χ0n) is 9.89. The van der Waals surface area contributed by atoms with E-state index in [2.05, 4.69) is 5.32 Å². The maximum Gasteiger partial charge on any atom is 0.251 e. The fourth-order valence-electron chi connectivity index (χ4n) is 1.89. The average molecular weight is 268 g/mol. The number of phenols is 1. The molecule has 18 heavy (non-hydrogen) atoms. The van der Waals surface area contributed by atoms with Crippen molar-refractivity contribution in [3.63, 3.8) is 0 Å². The Morgan fingerprint density at radius 1 is 1.39 bits per heavy atom. The Morgan fingerprint density at radius 3 is 2.67 bits per heavy atom. The van der Waals surface area contributed by atoms with E-state index in [0.717, 1.165) is 12.8 Å². The van der Waals surface area contributed by atoms with Gasteiger partial charge in [0.1, 0.15) is 5.75 Å². The van der Waals surface area contributed by atoms with Crippen LogP contribution in [0.1, 0.15) is 23.2 Å². The van der Waals surface area contributed by atoms with Crippen LogP contribution in [-0.2, 0) is 10.8 Å². The van der Waals surface area contributed by atoms with Gasteiger partial charge in [0.2, 0.25) is 0 Å². The average Bonchev–Trinajstić information content (AvgIpc) is 2.35. The number of nitrogens with two attached hydrogens (primary N) is 1. The summed E-state index contributed by atoms with van der Waals surface area (Å²) in [6.07, 6.45) is 1.47. The predicted molar refractivity (Wildman–Crippen MR) is 70.9 cm³/mol. The molecule has 1 heterocycles. The van der Waals surface area contributed by atoms with Crippen LogP contribution >= 0.6 is 0 Å². The zero-order valence-corrected chi connectivity index (χ0v) is 10.7. The van der Waals surface area contributed by atoms with Gasteiger partial charge >= 0.3 is 0 Å². The highest BCUT2D eigenvalue weighted by atomic mass is 32.2. The van der Waals surface area contributed by atoms with Crippen LogP contribution in [0.15, 0.2) is 18.2 Å². The molecule has 1 aromatic rings. The van der Waals surface area contributed by atoms with Crippen LogP contribution in [0, 0.1) is 0 Å². The van der Waals surface area contributed by atoms with Crippen molar-refractivity contribution in [1.29, 1.82) is 0 Å². The van der Waals surface area contributed by atoms with Gasteiger partial charge in [-0.15, -0.1) is 0 Å². The summed E-state index contributed by atoms with van der Waals surface area (Å²) in [5.74, 6) is 0.950. The van der Waals surface area contributed by atoms with Gasteiger partial charge in [0.25, 0.3) is 5.91 Å². The quantitative estimate of drug-likeness (QED) is 0.541. The summed E-state index contributed by atoms with van der Waals surface area (Å²) >= 11 is 0. The predicted octanol–water partition coefficient (Wildman–Crippen LogP) is 0.615. The monoisotopic (exact) mass is 268 g/mol. The second-order valence-corrected chi connectivity index (χ2v) is 6.07. The molecule has 1 aliphatic rings. The number of carbonyl (C=O) groups is 1. The largest absolute Gasteiger partial charge is 0.506 e. The van der Waals surface area contributed by atoms with Gasteiger partial charge in [-0.05, 0) is 31.0 Å². The number of hydrogen-bond donors (Lipinski definition) is 3. The van der Waals surface area contributed by atoms with Crippen molar-refractivity contribution in [3.05, 3.63) is 23.8 Å². The number of benzene rings is 1. The third kappa shape index (κ3) is 3.01. The molecule has 0 aromatic heterocycles. The zero-order chi connectivity index (χ0) is 13.1. The van der Waals surface area contributed by atoms with Gasteiger partial charge in [0, 0.05) is 33.9 Å². The molecule has 1 saturated heterocycles. The Bertz CT molecular complexity index is 480. The molecule has 0 aliphatic carbocycles. The molecule has 0 spiro atoms. The second-order valence-electron chi connectivity index (χ2n) is 4.37. The smallest absolute Gasteiger partial charge is 0.251 e. The molecule has 1 fully saturated rings. The molecule has 1 amide bonds. The van der Waals surface area contributed by atoms with Gasteiger partial charge in [0.05, 0.1) is 5.69 Å². The van der Waals surface area contributed by atoms with Crippen molar-refractivity contribution in [3.8, 4) is 5.75 Å². The topological polar surface area (TPSA) is 92.4 Å². The van der Waals surface area contributed by atoms with Gasteiger partial charge in [-0.3, -0.25) is 9.00 Å². The first-order valence-electron chi connectivity index (χ1n) is 5.80. The van der Waals surface area contributed by atoms with Gasteiger partial charge < -0.3 is 16.2 Å². The SMILES string of the molecule is Nc1ccc(C(=O)NC2CCS(=O)CC2)cc1O. The van der Waals surface area contributed by atoms with E-state index in [1.807, 2.05) is 0 Å². The van der Waals surface area contributed by atoms with Gasteiger partial charge in [-0.25, -0.2) is 0 Å².